The molecule has 1 aromatic carbocycles. The SMILES string of the molecule is CCCCCc1c(C)c(C#N)c2nc3ccccc3n2c1N1CC[NH+](C)CC1. The number of benzene rings is 1. The van der Waals surface area contributed by atoms with Crippen LogP contribution in [0, 0.1) is 18.3 Å². The quantitative estimate of drug-likeness (QED) is 0.697. The molecule has 28 heavy (non-hydrogen) atoms. The third kappa shape index (κ3) is 3.12. The van der Waals surface area contributed by atoms with Crippen molar-refractivity contribution in [1.82, 2.24) is 9.38 Å². The van der Waals surface area contributed by atoms with Crippen molar-refractivity contribution >= 4 is 22.5 Å². The van der Waals surface area contributed by atoms with Gasteiger partial charge in [0.05, 0.1) is 49.8 Å². The van der Waals surface area contributed by atoms with E-state index in [9.17, 15) is 5.26 Å². The van der Waals surface area contributed by atoms with E-state index in [1.165, 1.54) is 24.2 Å². The Hall–Kier alpha value is -2.58. The molecule has 0 radical (unpaired) electrons. The molecule has 0 aliphatic carbocycles. The van der Waals surface area contributed by atoms with E-state index in [2.05, 4.69) is 48.4 Å². The lowest BCUT2D eigenvalue weighted by Gasteiger charge is -2.34. The van der Waals surface area contributed by atoms with Gasteiger partial charge in [0.15, 0.2) is 5.65 Å². The Morgan fingerprint density at radius 2 is 1.93 bits per heavy atom. The predicted molar refractivity (Wildman–Crippen MR) is 114 cm³/mol. The number of anilines is 1. The average molecular weight is 377 g/mol. The van der Waals surface area contributed by atoms with Crippen molar-refractivity contribution in [2.24, 2.45) is 0 Å². The van der Waals surface area contributed by atoms with Crippen LogP contribution in [-0.4, -0.2) is 42.6 Å². The fraction of sp³-hybridized carbons (Fsp3) is 0.478. The summed E-state index contributed by atoms with van der Waals surface area (Å²) in [7, 11) is 2.27. The van der Waals surface area contributed by atoms with Gasteiger partial charge in [-0.2, -0.15) is 5.26 Å². The van der Waals surface area contributed by atoms with Crippen LogP contribution in [0.2, 0.25) is 0 Å². The molecule has 1 aliphatic rings. The van der Waals surface area contributed by atoms with E-state index in [1.807, 2.05) is 12.1 Å². The summed E-state index contributed by atoms with van der Waals surface area (Å²) >= 11 is 0. The van der Waals surface area contributed by atoms with Crippen LogP contribution >= 0.6 is 0 Å². The van der Waals surface area contributed by atoms with Crippen LogP contribution in [0.3, 0.4) is 0 Å². The Morgan fingerprint density at radius 1 is 1.18 bits per heavy atom. The Morgan fingerprint density at radius 3 is 2.64 bits per heavy atom. The third-order valence-electron chi connectivity index (χ3n) is 6.15. The first-order valence-electron chi connectivity index (χ1n) is 10.5. The summed E-state index contributed by atoms with van der Waals surface area (Å²) in [4.78, 5) is 8.98. The number of imidazole rings is 1. The molecule has 5 heteroatoms. The molecule has 0 bridgehead atoms. The Balaban J connectivity index is 2.00. The van der Waals surface area contributed by atoms with Crippen LogP contribution in [0.15, 0.2) is 24.3 Å². The highest BCUT2D eigenvalue weighted by Crippen LogP contribution is 2.34. The molecule has 0 atom stereocenters. The van der Waals surface area contributed by atoms with Crippen molar-refractivity contribution in [2.75, 3.05) is 38.1 Å². The Kier molecular flexibility index (Phi) is 5.23. The van der Waals surface area contributed by atoms with Gasteiger partial charge in [-0.25, -0.2) is 4.98 Å². The van der Waals surface area contributed by atoms with Gasteiger partial charge in [0, 0.05) is 0 Å². The summed E-state index contributed by atoms with van der Waals surface area (Å²) < 4.78 is 2.27. The smallest absolute Gasteiger partial charge is 0.157 e. The highest BCUT2D eigenvalue weighted by Gasteiger charge is 2.26. The van der Waals surface area contributed by atoms with E-state index in [0.717, 1.165) is 66.8 Å². The molecule has 5 nitrogen and oxygen atoms in total. The standard InChI is InChI=1S/C23H29N5/c1-4-5-6-9-18-17(2)19(16-24)22-25-20-10-7-8-11-21(20)28(22)23(18)27-14-12-26(3)13-15-27/h7-8,10-11H,4-6,9,12-15H2,1-3H3/p+1. The Labute approximate surface area is 167 Å². The highest BCUT2D eigenvalue weighted by atomic mass is 15.3. The first-order chi connectivity index (χ1) is 13.7. The summed E-state index contributed by atoms with van der Waals surface area (Å²) in [5, 5.41) is 9.95. The number of quaternary nitrogens is 1. The van der Waals surface area contributed by atoms with E-state index >= 15 is 0 Å². The number of unbranched alkanes of at least 4 members (excludes halogenated alkanes) is 2. The van der Waals surface area contributed by atoms with Gasteiger partial charge < -0.3 is 9.80 Å². The summed E-state index contributed by atoms with van der Waals surface area (Å²) in [6.07, 6.45) is 4.60. The first kappa shape index (κ1) is 18.8. The van der Waals surface area contributed by atoms with E-state index < -0.39 is 0 Å². The summed E-state index contributed by atoms with van der Waals surface area (Å²) in [5.41, 5.74) is 6.05. The second-order valence-corrected chi connectivity index (χ2v) is 8.07. The summed E-state index contributed by atoms with van der Waals surface area (Å²) in [6, 6.07) is 10.7. The maximum absolute atomic E-state index is 9.95. The summed E-state index contributed by atoms with van der Waals surface area (Å²) in [6.45, 7) is 8.72. The van der Waals surface area contributed by atoms with Gasteiger partial charge >= 0.3 is 0 Å². The zero-order valence-corrected chi connectivity index (χ0v) is 17.3. The van der Waals surface area contributed by atoms with E-state index in [-0.39, 0.29) is 0 Å². The second kappa shape index (κ2) is 7.81. The number of fused-ring (bicyclic) bond motifs is 3. The molecule has 1 saturated heterocycles. The maximum atomic E-state index is 9.95. The molecule has 1 N–H and O–H groups in total. The van der Waals surface area contributed by atoms with Gasteiger partial charge in [0.2, 0.25) is 0 Å². The number of hydrogen-bond donors (Lipinski definition) is 1. The number of nitriles is 1. The first-order valence-corrected chi connectivity index (χ1v) is 10.5. The molecular weight excluding hydrogens is 346 g/mol. The van der Waals surface area contributed by atoms with Crippen LogP contribution < -0.4 is 9.80 Å². The van der Waals surface area contributed by atoms with Gasteiger partial charge in [-0.1, -0.05) is 31.9 Å². The lowest BCUT2D eigenvalue weighted by Crippen LogP contribution is -3.12. The molecule has 0 unspecified atom stereocenters. The van der Waals surface area contributed by atoms with Crippen molar-refractivity contribution in [3.05, 3.63) is 41.0 Å². The second-order valence-electron chi connectivity index (χ2n) is 8.07. The highest BCUT2D eigenvalue weighted by molar-refractivity contribution is 5.86. The number of para-hydroxylation sites is 2. The maximum Gasteiger partial charge on any atom is 0.157 e. The molecule has 2 aromatic heterocycles. The van der Waals surface area contributed by atoms with Crippen LogP contribution in [0.25, 0.3) is 16.7 Å². The van der Waals surface area contributed by atoms with E-state index in [0.29, 0.717) is 0 Å². The van der Waals surface area contributed by atoms with Crippen molar-refractivity contribution in [3.63, 3.8) is 0 Å². The van der Waals surface area contributed by atoms with Crippen LogP contribution in [0.1, 0.15) is 42.9 Å². The minimum absolute atomic E-state index is 0.728. The van der Waals surface area contributed by atoms with Crippen molar-refractivity contribution in [2.45, 2.75) is 39.5 Å². The largest absolute Gasteiger partial charge is 0.346 e. The van der Waals surface area contributed by atoms with Gasteiger partial charge in [-0.3, -0.25) is 4.40 Å². The van der Waals surface area contributed by atoms with Gasteiger partial charge in [0.25, 0.3) is 0 Å². The monoisotopic (exact) mass is 376 g/mol. The fourth-order valence-corrected chi connectivity index (χ4v) is 4.45. The minimum Gasteiger partial charge on any atom is -0.346 e. The van der Waals surface area contributed by atoms with Gasteiger partial charge in [0.1, 0.15) is 11.9 Å². The van der Waals surface area contributed by atoms with Crippen molar-refractivity contribution in [3.8, 4) is 6.07 Å². The van der Waals surface area contributed by atoms with Crippen LogP contribution in [0.4, 0.5) is 5.82 Å². The number of pyridine rings is 1. The number of hydrogen-bond acceptors (Lipinski definition) is 3. The molecule has 1 aliphatic heterocycles. The molecule has 0 saturated carbocycles. The molecule has 146 valence electrons. The molecular formula is C23H30N5+. The third-order valence-corrected chi connectivity index (χ3v) is 6.15. The normalized spacial score (nSPS) is 15.4. The molecule has 1 fully saturated rings. The zero-order valence-electron chi connectivity index (χ0n) is 17.3. The predicted octanol–water partition coefficient (Wildman–Crippen LogP) is 2.74. The van der Waals surface area contributed by atoms with Crippen molar-refractivity contribution < 1.29 is 4.90 Å². The number of nitrogens with zero attached hydrogens (tertiary/aromatic N) is 4. The number of rotatable bonds is 5. The van der Waals surface area contributed by atoms with Crippen LogP contribution in [0.5, 0.6) is 0 Å². The van der Waals surface area contributed by atoms with Gasteiger partial charge in [-0.15, -0.1) is 0 Å². The lowest BCUT2D eigenvalue weighted by atomic mass is 9.98. The van der Waals surface area contributed by atoms with Crippen molar-refractivity contribution in [1.29, 1.82) is 5.26 Å². The lowest BCUT2D eigenvalue weighted by molar-refractivity contribution is -0.880. The molecule has 0 spiro atoms. The van der Waals surface area contributed by atoms with E-state index in [4.69, 9.17) is 4.98 Å². The Bertz CT molecular complexity index is 1030. The van der Waals surface area contributed by atoms with Crippen LogP contribution in [-0.2, 0) is 6.42 Å². The molecule has 4 rings (SSSR count). The number of piperazine rings is 1. The molecule has 3 heterocycles. The average Bonchev–Trinajstić information content (AvgIpc) is 3.08. The van der Waals surface area contributed by atoms with Gasteiger partial charge in [-0.05, 0) is 43.0 Å². The number of likely N-dealkylation sites (N-methyl/N-ethyl adjacent to an activating group) is 1. The molecule has 3 aromatic rings. The number of aromatic nitrogens is 2. The molecule has 0 amide bonds. The van der Waals surface area contributed by atoms with E-state index in [1.54, 1.807) is 4.90 Å². The topological polar surface area (TPSA) is 48.8 Å². The summed E-state index contributed by atoms with van der Waals surface area (Å²) in [5.74, 6) is 1.27. The zero-order chi connectivity index (χ0) is 19.7. The minimum atomic E-state index is 0.728. The fourth-order valence-electron chi connectivity index (χ4n) is 4.45. The number of nitrogens with one attached hydrogen (secondary N) is 1.